The van der Waals surface area contributed by atoms with Gasteiger partial charge in [0, 0.05) is 31.6 Å². The van der Waals surface area contributed by atoms with Gasteiger partial charge in [-0.2, -0.15) is 0 Å². The molecule has 21 heavy (non-hydrogen) atoms. The van der Waals surface area contributed by atoms with Crippen LogP contribution in [0.4, 0.5) is 0 Å². The number of piperidine rings is 1. The zero-order valence-electron chi connectivity index (χ0n) is 12.4. The first-order chi connectivity index (χ1) is 9.97. The van der Waals surface area contributed by atoms with Crippen LogP contribution < -0.4 is 10.9 Å². The van der Waals surface area contributed by atoms with Crippen LogP contribution in [0.1, 0.15) is 37.2 Å². The number of likely N-dealkylation sites (tertiary alicyclic amines) is 1. The van der Waals surface area contributed by atoms with Crippen molar-refractivity contribution in [2.75, 3.05) is 19.6 Å². The number of carbonyl (C=O) groups is 2. The van der Waals surface area contributed by atoms with Crippen molar-refractivity contribution in [1.82, 2.24) is 20.4 Å². The predicted molar refractivity (Wildman–Crippen MR) is 77.9 cm³/mol. The lowest BCUT2D eigenvalue weighted by molar-refractivity contribution is -0.135. The van der Waals surface area contributed by atoms with Crippen molar-refractivity contribution >= 4 is 11.8 Å². The van der Waals surface area contributed by atoms with Crippen LogP contribution >= 0.6 is 0 Å². The van der Waals surface area contributed by atoms with E-state index in [0.29, 0.717) is 12.5 Å². The highest BCUT2D eigenvalue weighted by Gasteiger charge is 2.24. The van der Waals surface area contributed by atoms with Crippen molar-refractivity contribution in [3.05, 3.63) is 22.1 Å². The third-order valence-corrected chi connectivity index (χ3v) is 3.81. The van der Waals surface area contributed by atoms with E-state index >= 15 is 0 Å². The summed E-state index contributed by atoms with van der Waals surface area (Å²) in [5.74, 6) is 0.318. The molecule has 2 heterocycles. The molecule has 0 unspecified atom stereocenters. The molecule has 7 nitrogen and oxygen atoms in total. The molecule has 1 aromatic heterocycles. The molecule has 116 valence electrons. The molecule has 1 aliphatic heterocycles. The topological polar surface area (TPSA) is 98.1 Å². The van der Waals surface area contributed by atoms with Crippen LogP contribution in [0.25, 0.3) is 0 Å². The first kappa shape index (κ1) is 15.3. The van der Waals surface area contributed by atoms with Crippen LogP contribution in [0.2, 0.25) is 0 Å². The molecule has 0 aliphatic carbocycles. The molecule has 1 fully saturated rings. The Labute approximate surface area is 123 Å². The number of rotatable bonds is 4. The van der Waals surface area contributed by atoms with Crippen LogP contribution in [-0.4, -0.2) is 46.5 Å². The minimum atomic E-state index is -0.319. The second kappa shape index (κ2) is 6.60. The van der Waals surface area contributed by atoms with Gasteiger partial charge in [0.2, 0.25) is 5.91 Å². The van der Waals surface area contributed by atoms with Crippen LogP contribution in [0.15, 0.2) is 10.9 Å². The lowest BCUT2D eigenvalue weighted by Gasteiger charge is -2.33. The van der Waals surface area contributed by atoms with Gasteiger partial charge < -0.3 is 10.2 Å². The van der Waals surface area contributed by atoms with Crippen LogP contribution in [0.3, 0.4) is 0 Å². The fraction of sp³-hybridized carbons (Fsp3) is 0.643. The normalized spacial score (nSPS) is 16.2. The van der Waals surface area contributed by atoms with Gasteiger partial charge in [0.1, 0.15) is 5.69 Å². The Hall–Kier alpha value is -2.05. The van der Waals surface area contributed by atoms with Crippen LogP contribution in [0.5, 0.6) is 0 Å². The van der Waals surface area contributed by atoms with Crippen LogP contribution in [-0.2, 0) is 4.79 Å². The van der Waals surface area contributed by atoms with Gasteiger partial charge in [0.25, 0.3) is 11.5 Å². The smallest absolute Gasteiger partial charge is 0.269 e. The molecule has 0 spiro atoms. The largest absolute Gasteiger partial charge is 0.350 e. The fourth-order valence-electron chi connectivity index (χ4n) is 2.51. The first-order valence-electron chi connectivity index (χ1n) is 7.32. The van der Waals surface area contributed by atoms with E-state index in [0.717, 1.165) is 25.9 Å². The quantitative estimate of drug-likeness (QED) is 0.746. The molecule has 3 N–H and O–H groups in total. The molecule has 0 bridgehead atoms. The zero-order valence-corrected chi connectivity index (χ0v) is 12.4. The van der Waals surface area contributed by atoms with Crippen molar-refractivity contribution in [3.8, 4) is 0 Å². The van der Waals surface area contributed by atoms with Gasteiger partial charge in [-0.15, -0.1) is 0 Å². The SMILES string of the molecule is CC(C)C(=O)N1CCC(CNC(=O)c2cc(=O)[nH][nH]2)CC1. The number of nitrogens with zero attached hydrogens (tertiary/aromatic N) is 1. The number of hydrogen-bond donors (Lipinski definition) is 3. The lowest BCUT2D eigenvalue weighted by Crippen LogP contribution is -2.43. The highest BCUT2D eigenvalue weighted by atomic mass is 16.2. The van der Waals surface area contributed by atoms with E-state index in [1.807, 2.05) is 18.7 Å². The highest BCUT2D eigenvalue weighted by molar-refractivity contribution is 5.92. The number of nitrogens with one attached hydrogen (secondary N) is 3. The molecule has 0 saturated carbocycles. The van der Waals surface area contributed by atoms with Gasteiger partial charge in [-0.3, -0.25) is 24.6 Å². The summed E-state index contributed by atoms with van der Waals surface area (Å²) >= 11 is 0. The Morgan fingerprint density at radius 1 is 1.33 bits per heavy atom. The summed E-state index contributed by atoms with van der Waals surface area (Å²) in [5.41, 5.74) is -0.0759. The second-order valence-electron chi connectivity index (χ2n) is 5.81. The average molecular weight is 294 g/mol. The minimum absolute atomic E-state index is 0.0340. The Kier molecular flexibility index (Phi) is 4.82. The molecule has 0 atom stereocenters. The van der Waals surface area contributed by atoms with Gasteiger partial charge in [0.15, 0.2) is 0 Å². The Morgan fingerprint density at radius 2 is 2.00 bits per heavy atom. The molecule has 2 amide bonds. The molecule has 0 radical (unpaired) electrons. The minimum Gasteiger partial charge on any atom is -0.350 e. The maximum absolute atomic E-state index is 11.9. The highest BCUT2D eigenvalue weighted by Crippen LogP contribution is 2.18. The standard InChI is InChI=1S/C14H22N4O3/c1-9(2)14(21)18-5-3-10(4-6-18)8-15-13(20)11-7-12(19)17-16-11/h7,9-10H,3-6,8H2,1-2H3,(H,15,20)(H2,16,17,19). The average Bonchev–Trinajstić information content (AvgIpc) is 2.91. The van der Waals surface area contributed by atoms with Crippen molar-refractivity contribution in [3.63, 3.8) is 0 Å². The Morgan fingerprint density at radius 3 is 2.52 bits per heavy atom. The van der Waals surface area contributed by atoms with Gasteiger partial charge in [-0.25, -0.2) is 0 Å². The van der Waals surface area contributed by atoms with Gasteiger partial charge in [-0.05, 0) is 18.8 Å². The summed E-state index contributed by atoms with van der Waals surface area (Å²) < 4.78 is 0. The first-order valence-corrected chi connectivity index (χ1v) is 7.32. The van der Waals surface area contributed by atoms with E-state index in [2.05, 4.69) is 15.5 Å². The summed E-state index contributed by atoms with van der Waals surface area (Å²) in [6, 6.07) is 1.24. The number of H-pyrrole nitrogens is 2. The lowest BCUT2D eigenvalue weighted by atomic mass is 9.96. The summed E-state index contributed by atoms with van der Waals surface area (Å²) in [6.45, 7) is 5.88. The van der Waals surface area contributed by atoms with Gasteiger partial charge in [-0.1, -0.05) is 13.8 Å². The summed E-state index contributed by atoms with van der Waals surface area (Å²) in [6.07, 6.45) is 1.78. The zero-order chi connectivity index (χ0) is 15.4. The monoisotopic (exact) mass is 294 g/mol. The van der Waals surface area contributed by atoms with Gasteiger partial charge in [0.05, 0.1) is 0 Å². The third-order valence-electron chi connectivity index (χ3n) is 3.81. The number of aromatic nitrogens is 2. The van der Waals surface area contributed by atoms with Crippen LogP contribution in [0, 0.1) is 11.8 Å². The Bertz CT molecular complexity index is 553. The van der Waals surface area contributed by atoms with Crippen molar-refractivity contribution in [1.29, 1.82) is 0 Å². The number of amides is 2. The van der Waals surface area contributed by atoms with E-state index in [1.54, 1.807) is 0 Å². The van der Waals surface area contributed by atoms with Gasteiger partial charge >= 0.3 is 0 Å². The maximum Gasteiger partial charge on any atom is 0.269 e. The number of hydrogen-bond acceptors (Lipinski definition) is 3. The predicted octanol–water partition coefficient (Wildman–Crippen LogP) is 0.327. The van der Waals surface area contributed by atoms with Crippen molar-refractivity contribution in [2.45, 2.75) is 26.7 Å². The van der Waals surface area contributed by atoms with E-state index in [1.165, 1.54) is 6.07 Å². The number of aromatic amines is 2. The molecule has 1 saturated heterocycles. The maximum atomic E-state index is 11.9. The molecule has 1 aliphatic rings. The number of carbonyl (C=O) groups excluding carboxylic acids is 2. The molecule has 7 heteroatoms. The van der Waals surface area contributed by atoms with E-state index < -0.39 is 0 Å². The summed E-state index contributed by atoms with van der Waals surface area (Å²) in [4.78, 5) is 36.5. The molecular formula is C14H22N4O3. The molecule has 1 aromatic rings. The summed E-state index contributed by atoms with van der Waals surface area (Å²) in [7, 11) is 0. The van der Waals surface area contributed by atoms with Crippen molar-refractivity contribution < 1.29 is 9.59 Å². The molecule has 2 rings (SSSR count). The fourth-order valence-corrected chi connectivity index (χ4v) is 2.51. The van der Waals surface area contributed by atoms with E-state index in [-0.39, 0.29) is 29.0 Å². The summed E-state index contributed by atoms with van der Waals surface area (Å²) in [5, 5.41) is 7.67. The van der Waals surface area contributed by atoms with E-state index in [9.17, 15) is 14.4 Å². The molecular weight excluding hydrogens is 272 g/mol. The van der Waals surface area contributed by atoms with E-state index in [4.69, 9.17) is 0 Å². The van der Waals surface area contributed by atoms with Crippen molar-refractivity contribution in [2.24, 2.45) is 11.8 Å². The second-order valence-corrected chi connectivity index (χ2v) is 5.81. The third kappa shape index (κ3) is 3.96. The Balaban J connectivity index is 1.75. The molecule has 0 aromatic carbocycles.